The van der Waals surface area contributed by atoms with E-state index < -0.39 is 10.0 Å². The third kappa shape index (κ3) is 3.68. The predicted octanol–water partition coefficient (Wildman–Crippen LogP) is 3.15. The van der Waals surface area contributed by atoms with Crippen molar-refractivity contribution in [2.75, 3.05) is 17.6 Å². The topological polar surface area (TPSA) is 81.4 Å². The first-order valence-corrected chi connectivity index (χ1v) is 8.33. The van der Waals surface area contributed by atoms with Gasteiger partial charge in [0.15, 0.2) is 0 Å². The largest absolute Gasteiger partial charge is 0.495 e. The molecule has 0 heterocycles. The zero-order valence-corrected chi connectivity index (χ0v) is 14.0. The van der Waals surface area contributed by atoms with Crippen LogP contribution in [0, 0.1) is 6.92 Å². The average Bonchev–Trinajstić information content (AvgIpc) is 2.36. The van der Waals surface area contributed by atoms with Gasteiger partial charge in [0.2, 0.25) is 0 Å². The molecule has 0 atom stereocenters. The molecule has 0 aromatic heterocycles. The van der Waals surface area contributed by atoms with Gasteiger partial charge >= 0.3 is 0 Å². The second-order valence-electron chi connectivity index (χ2n) is 4.53. The van der Waals surface area contributed by atoms with Crippen molar-refractivity contribution < 1.29 is 13.2 Å². The molecule has 0 aliphatic heterocycles. The lowest BCUT2D eigenvalue weighted by Crippen LogP contribution is -2.14. The van der Waals surface area contributed by atoms with Crippen LogP contribution in [-0.2, 0) is 10.0 Å². The number of halogens is 1. The summed E-state index contributed by atoms with van der Waals surface area (Å²) < 4.78 is 33.4. The second-order valence-corrected chi connectivity index (χ2v) is 7.10. The summed E-state index contributed by atoms with van der Waals surface area (Å²) >= 11 is 3.34. The standard InChI is InChI=1S/C14H15BrN2O3S/c1-9-5-10(15)7-12(6-9)17-21(18,19)14-8-11(16)3-4-13(14)20-2/h3-8,17H,16H2,1-2H3. The Balaban J connectivity index is 2.45. The van der Waals surface area contributed by atoms with Gasteiger partial charge in [0.25, 0.3) is 10.0 Å². The fourth-order valence-corrected chi connectivity index (χ4v) is 3.76. The van der Waals surface area contributed by atoms with E-state index in [1.165, 1.54) is 19.2 Å². The van der Waals surface area contributed by atoms with Crippen LogP contribution in [0.4, 0.5) is 11.4 Å². The Bertz CT molecular complexity index is 756. The van der Waals surface area contributed by atoms with Crippen molar-refractivity contribution in [2.24, 2.45) is 0 Å². The van der Waals surface area contributed by atoms with E-state index in [-0.39, 0.29) is 10.6 Å². The molecule has 0 fully saturated rings. The lowest BCUT2D eigenvalue weighted by Gasteiger charge is -2.13. The summed E-state index contributed by atoms with van der Waals surface area (Å²) in [5.74, 6) is 0.239. The number of hydrogen-bond donors (Lipinski definition) is 2. The molecule has 0 unspecified atom stereocenters. The summed E-state index contributed by atoms with van der Waals surface area (Å²) in [7, 11) is -2.38. The predicted molar refractivity (Wildman–Crippen MR) is 87.1 cm³/mol. The van der Waals surface area contributed by atoms with Gasteiger partial charge < -0.3 is 10.5 Å². The van der Waals surface area contributed by atoms with Crippen molar-refractivity contribution >= 4 is 37.3 Å². The summed E-state index contributed by atoms with van der Waals surface area (Å²) in [6, 6.07) is 9.78. The Labute approximate surface area is 132 Å². The highest BCUT2D eigenvalue weighted by atomic mass is 79.9. The van der Waals surface area contributed by atoms with E-state index in [2.05, 4.69) is 20.7 Å². The van der Waals surface area contributed by atoms with Crippen molar-refractivity contribution in [3.05, 3.63) is 46.4 Å². The zero-order valence-electron chi connectivity index (χ0n) is 11.6. The van der Waals surface area contributed by atoms with Gasteiger partial charge in [-0.3, -0.25) is 4.72 Å². The van der Waals surface area contributed by atoms with Gasteiger partial charge in [0.05, 0.1) is 12.8 Å². The lowest BCUT2D eigenvalue weighted by atomic mass is 10.2. The number of rotatable bonds is 4. The summed E-state index contributed by atoms with van der Waals surface area (Å²) in [5, 5.41) is 0. The van der Waals surface area contributed by atoms with Crippen LogP contribution in [0.25, 0.3) is 0 Å². The maximum absolute atomic E-state index is 12.5. The Hall–Kier alpha value is -1.73. The second kappa shape index (κ2) is 5.95. The average molecular weight is 371 g/mol. The molecular weight excluding hydrogens is 356 g/mol. The minimum absolute atomic E-state index is 0.00243. The highest BCUT2D eigenvalue weighted by Crippen LogP contribution is 2.28. The number of methoxy groups -OCH3 is 1. The molecule has 0 spiro atoms. The molecule has 2 aromatic rings. The van der Waals surface area contributed by atoms with Crippen LogP contribution in [-0.4, -0.2) is 15.5 Å². The molecule has 0 saturated carbocycles. The Kier molecular flexibility index (Phi) is 4.43. The molecule has 7 heteroatoms. The molecule has 0 aliphatic carbocycles. The monoisotopic (exact) mass is 370 g/mol. The van der Waals surface area contributed by atoms with Gasteiger partial charge in [0, 0.05) is 10.2 Å². The molecule has 0 amide bonds. The first-order valence-electron chi connectivity index (χ1n) is 6.05. The number of ether oxygens (including phenoxy) is 1. The number of nitrogen functional groups attached to an aromatic ring is 1. The van der Waals surface area contributed by atoms with Crippen LogP contribution in [0.5, 0.6) is 5.75 Å². The van der Waals surface area contributed by atoms with E-state index in [9.17, 15) is 8.42 Å². The van der Waals surface area contributed by atoms with Crippen molar-refractivity contribution in [3.8, 4) is 5.75 Å². The quantitative estimate of drug-likeness (QED) is 0.809. The summed E-state index contributed by atoms with van der Waals surface area (Å²) in [4.78, 5) is 0.00243. The number of nitrogens with two attached hydrogens (primary N) is 1. The number of sulfonamides is 1. The number of hydrogen-bond acceptors (Lipinski definition) is 4. The molecule has 0 saturated heterocycles. The van der Waals surface area contributed by atoms with E-state index in [1.807, 2.05) is 13.0 Å². The van der Waals surface area contributed by atoms with Gasteiger partial charge in [-0.15, -0.1) is 0 Å². The molecule has 5 nitrogen and oxygen atoms in total. The minimum atomic E-state index is -3.79. The van der Waals surface area contributed by atoms with Gasteiger partial charge in [0.1, 0.15) is 10.6 Å². The number of nitrogens with one attached hydrogen (secondary N) is 1. The Morgan fingerprint density at radius 3 is 2.52 bits per heavy atom. The van der Waals surface area contributed by atoms with E-state index in [0.717, 1.165) is 10.0 Å². The van der Waals surface area contributed by atoms with E-state index in [0.29, 0.717) is 11.4 Å². The number of benzene rings is 2. The van der Waals surface area contributed by atoms with Gasteiger partial charge in [-0.2, -0.15) is 0 Å². The highest BCUT2D eigenvalue weighted by Gasteiger charge is 2.20. The lowest BCUT2D eigenvalue weighted by molar-refractivity contribution is 0.403. The molecule has 112 valence electrons. The van der Waals surface area contributed by atoms with Gasteiger partial charge in [-0.25, -0.2) is 8.42 Å². The summed E-state index contributed by atoms with van der Waals surface area (Å²) in [5.41, 5.74) is 7.41. The third-order valence-electron chi connectivity index (χ3n) is 2.77. The van der Waals surface area contributed by atoms with Crippen LogP contribution in [0.3, 0.4) is 0 Å². The summed E-state index contributed by atoms with van der Waals surface area (Å²) in [6.45, 7) is 1.88. The molecular formula is C14H15BrN2O3S. The summed E-state index contributed by atoms with van der Waals surface area (Å²) in [6.07, 6.45) is 0. The van der Waals surface area contributed by atoms with Crippen LogP contribution >= 0.6 is 15.9 Å². The maximum Gasteiger partial charge on any atom is 0.265 e. The maximum atomic E-state index is 12.5. The molecule has 0 aliphatic rings. The Morgan fingerprint density at radius 1 is 1.19 bits per heavy atom. The normalized spacial score (nSPS) is 11.2. The van der Waals surface area contributed by atoms with Gasteiger partial charge in [-0.1, -0.05) is 15.9 Å². The fraction of sp³-hybridized carbons (Fsp3) is 0.143. The van der Waals surface area contributed by atoms with E-state index in [4.69, 9.17) is 10.5 Å². The molecule has 21 heavy (non-hydrogen) atoms. The highest BCUT2D eigenvalue weighted by molar-refractivity contribution is 9.10. The van der Waals surface area contributed by atoms with Crippen molar-refractivity contribution in [3.63, 3.8) is 0 Å². The van der Waals surface area contributed by atoms with Crippen molar-refractivity contribution in [2.45, 2.75) is 11.8 Å². The van der Waals surface area contributed by atoms with Crippen molar-refractivity contribution in [1.29, 1.82) is 0 Å². The Morgan fingerprint density at radius 2 is 1.90 bits per heavy atom. The molecule has 2 aromatic carbocycles. The van der Waals surface area contributed by atoms with Crippen LogP contribution < -0.4 is 15.2 Å². The van der Waals surface area contributed by atoms with Crippen LogP contribution in [0.15, 0.2) is 45.8 Å². The van der Waals surface area contributed by atoms with Crippen LogP contribution in [0.2, 0.25) is 0 Å². The molecule has 0 radical (unpaired) electrons. The van der Waals surface area contributed by atoms with Crippen LogP contribution in [0.1, 0.15) is 5.56 Å². The number of aryl methyl sites for hydroxylation is 1. The SMILES string of the molecule is COc1ccc(N)cc1S(=O)(=O)Nc1cc(C)cc(Br)c1. The van der Waals surface area contributed by atoms with Crippen molar-refractivity contribution in [1.82, 2.24) is 0 Å². The van der Waals surface area contributed by atoms with E-state index >= 15 is 0 Å². The minimum Gasteiger partial charge on any atom is -0.495 e. The molecule has 3 N–H and O–H groups in total. The smallest absolute Gasteiger partial charge is 0.265 e. The zero-order chi connectivity index (χ0) is 15.6. The molecule has 0 bridgehead atoms. The van der Waals surface area contributed by atoms with E-state index in [1.54, 1.807) is 18.2 Å². The fourth-order valence-electron chi connectivity index (χ4n) is 1.91. The third-order valence-corrected chi connectivity index (χ3v) is 4.63. The number of anilines is 2. The van der Waals surface area contributed by atoms with Gasteiger partial charge in [-0.05, 0) is 48.9 Å². The first-order chi connectivity index (χ1) is 9.81. The molecule has 2 rings (SSSR count). The first kappa shape index (κ1) is 15.7.